The molecule has 0 aliphatic rings. The molecule has 2 N–H and O–H groups in total. The Bertz CT molecular complexity index is 490. The molecule has 21 heavy (non-hydrogen) atoms. The summed E-state index contributed by atoms with van der Waals surface area (Å²) in [6, 6.07) is 6.17. The van der Waals surface area contributed by atoms with E-state index in [1.807, 2.05) is 13.8 Å². The summed E-state index contributed by atoms with van der Waals surface area (Å²) in [5.74, 6) is -0.380. The van der Waals surface area contributed by atoms with Crippen LogP contribution in [0.2, 0.25) is 0 Å². The molecule has 0 saturated heterocycles. The van der Waals surface area contributed by atoms with Crippen LogP contribution in [0.15, 0.2) is 30.3 Å². The zero-order valence-electron chi connectivity index (χ0n) is 11.9. The van der Waals surface area contributed by atoms with Gasteiger partial charge in [-0.05, 0) is 18.1 Å². The number of carbonyl (C=O) groups excluding carboxylic acids is 1. The number of benzene rings is 1. The smallest absolute Gasteiger partial charge is 0.387 e. The number of halogens is 2. The number of alkyl halides is 2. The Morgan fingerprint density at radius 3 is 2.67 bits per heavy atom. The number of ether oxygens (including phenoxy) is 1. The number of hydrogen-bond acceptors (Lipinski definition) is 3. The maximum atomic E-state index is 12.2. The lowest BCUT2D eigenvalue weighted by atomic mass is 10.1. The largest absolute Gasteiger partial charge is 0.434 e. The molecule has 0 aliphatic carbocycles. The first-order valence-corrected chi connectivity index (χ1v) is 6.58. The Morgan fingerprint density at radius 1 is 1.38 bits per heavy atom. The molecule has 0 heterocycles. The number of carbonyl (C=O) groups is 1. The van der Waals surface area contributed by atoms with Crippen molar-refractivity contribution < 1.29 is 23.4 Å². The third-order valence-electron chi connectivity index (χ3n) is 2.80. The second-order valence-electron chi connectivity index (χ2n) is 4.81. The summed E-state index contributed by atoms with van der Waals surface area (Å²) < 4.78 is 28.8. The molecule has 6 heteroatoms. The lowest BCUT2D eigenvalue weighted by Gasteiger charge is -2.14. The third-order valence-corrected chi connectivity index (χ3v) is 2.80. The molecule has 1 unspecified atom stereocenters. The third kappa shape index (κ3) is 6.35. The quantitative estimate of drug-likeness (QED) is 0.760. The van der Waals surface area contributed by atoms with E-state index in [1.54, 1.807) is 18.2 Å². The number of aliphatic hydroxyl groups is 1. The molecule has 0 bridgehead atoms. The summed E-state index contributed by atoms with van der Waals surface area (Å²) in [4.78, 5) is 11.6. The maximum absolute atomic E-state index is 12.2. The topological polar surface area (TPSA) is 58.6 Å². The monoisotopic (exact) mass is 299 g/mol. The van der Waals surface area contributed by atoms with Crippen molar-refractivity contribution in [1.29, 1.82) is 0 Å². The van der Waals surface area contributed by atoms with E-state index in [0.29, 0.717) is 5.56 Å². The normalized spacial score (nSPS) is 12.9. The van der Waals surface area contributed by atoms with E-state index in [1.165, 1.54) is 18.2 Å². The zero-order chi connectivity index (χ0) is 15.8. The molecular formula is C15H19F2NO3. The van der Waals surface area contributed by atoms with E-state index in [0.717, 1.165) is 0 Å². The Labute approximate surface area is 122 Å². The fourth-order valence-electron chi connectivity index (χ4n) is 1.49. The minimum absolute atomic E-state index is 0.00114. The van der Waals surface area contributed by atoms with Gasteiger partial charge in [0, 0.05) is 18.2 Å². The standard InChI is InChI=1S/C15H19F2NO3/c1-10(2)12(19)9-18-14(20)8-7-11-5-3-4-6-13(11)21-15(16)17/h3-8,10,12,15,19H,9H2,1-2H3,(H,18,20)/b8-7+. The van der Waals surface area contributed by atoms with E-state index >= 15 is 0 Å². The first-order chi connectivity index (χ1) is 9.90. The van der Waals surface area contributed by atoms with Crippen LogP contribution in [-0.4, -0.2) is 30.3 Å². The van der Waals surface area contributed by atoms with Gasteiger partial charge in [0.25, 0.3) is 0 Å². The first kappa shape index (κ1) is 17.1. The highest BCUT2D eigenvalue weighted by Gasteiger charge is 2.10. The van der Waals surface area contributed by atoms with Crippen molar-refractivity contribution in [2.75, 3.05) is 6.54 Å². The minimum Gasteiger partial charge on any atom is -0.434 e. The highest BCUT2D eigenvalue weighted by atomic mass is 19.3. The fourth-order valence-corrected chi connectivity index (χ4v) is 1.49. The van der Waals surface area contributed by atoms with Gasteiger partial charge in [-0.25, -0.2) is 0 Å². The van der Waals surface area contributed by atoms with E-state index < -0.39 is 18.6 Å². The van der Waals surface area contributed by atoms with E-state index in [4.69, 9.17) is 0 Å². The molecule has 0 spiro atoms. The molecule has 1 rings (SSSR count). The average molecular weight is 299 g/mol. The molecule has 1 atom stereocenters. The van der Waals surface area contributed by atoms with E-state index in [2.05, 4.69) is 10.1 Å². The molecule has 0 saturated carbocycles. The lowest BCUT2D eigenvalue weighted by molar-refractivity contribution is -0.117. The molecule has 0 fully saturated rings. The van der Waals surface area contributed by atoms with Gasteiger partial charge in [0.05, 0.1) is 6.10 Å². The van der Waals surface area contributed by atoms with Gasteiger partial charge < -0.3 is 15.2 Å². The number of rotatable bonds is 7. The Balaban J connectivity index is 2.62. The van der Waals surface area contributed by atoms with Crippen LogP contribution in [0.5, 0.6) is 5.75 Å². The zero-order valence-corrected chi connectivity index (χ0v) is 11.9. The van der Waals surface area contributed by atoms with Gasteiger partial charge >= 0.3 is 6.61 Å². The highest BCUT2D eigenvalue weighted by Crippen LogP contribution is 2.21. The molecular weight excluding hydrogens is 280 g/mol. The van der Waals surface area contributed by atoms with Gasteiger partial charge in [-0.2, -0.15) is 8.78 Å². The van der Waals surface area contributed by atoms with Crippen LogP contribution in [0.3, 0.4) is 0 Å². The van der Waals surface area contributed by atoms with Crippen molar-refractivity contribution in [1.82, 2.24) is 5.32 Å². The van der Waals surface area contributed by atoms with Crippen LogP contribution in [0, 0.1) is 5.92 Å². The fraction of sp³-hybridized carbons (Fsp3) is 0.400. The van der Waals surface area contributed by atoms with Crippen molar-refractivity contribution in [2.24, 2.45) is 5.92 Å². The summed E-state index contributed by atoms with van der Waals surface area (Å²) >= 11 is 0. The minimum atomic E-state index is -2.92. The molecule has 1 amide bonds. The summed E-state index contributed by atoms with van der Waals surface area (Å²) in [5.41, 5.74) is 0.373. The molecule has 116 valence electrons. The van der Waals surface area contributed by atoms with Crippen molar-refractivity contribution in [3.05, 3.63) is 35.9 Å². The number of para-hydroxylation sites is 1. The van der Waals surface area contributed by atoms with E-state index in [-0.39, 0.29) is 18.2 Å². The van der Waals surface area contributed by atoms with Crippen molar-refractivity contribution in [2.45, 2.75) is 26.6 Å². The predicted molar refractivity (Wildman–Crippen MR) is 76.0 cm³/mol. The summed E-state index contributed by atoms with van der Waals surface area (Å²) in [6.07, 6.45) is 1.96. The lowest BCUT2D eigenvalue weighted by Crippen LogP contribution is -2.33. The maximum Gasteiger partial charge on any atom is 0.387 e. The van der Waals surface area contributed by atoms with Gasteiger partial charge in [0.15, 0.2) is 0 Å². The van der Waals surface area contributed by atoms with Gasteiger partial charge in [0.1, 0.15) is 5.75 Å². The number of aliphatic hydroxyl groups excluding tert-OH is 1. The van der Waals surface area contributed by atoms with Crippen molar-refractivity contribution >= 4 is 12.0 Å². The van der Waals surface area contributed by atoms with Crippen LogP contribution >= 0.6 is 0 Å². The number of amides is 1. The van der Waals surface area contributed by atoms with Crippen LogP contribution in [-0.2, 0) is 4.79 Å². The Kier molecular flexibility index (Phi) is 6.81. The van der Waals surface area contributed by atoms with Crippen LogP contribution in [0.4, 0.5) is 8.78 Å². The van der Waals surface area contributed by atoms with Crippen LogP contribution in [0.25, 0.3) is 6.08 Å². The first-order valence-electron chi connectivity index (χ1n) is 6.58. The Hall–Kier alpha value is -1.95. The molecule has 0 aromatic heterocycles. The second kappa shape index (κ2) is 8.36. The van der Waals surface area contributed by atoms with Crippen molar-refractivity contribution in [3.63, 3.8) is 0 Å². The number of hydrogen-bond donors (Lipinski definition) is 2. The SMILES string of the molecule is CC(C)C(O)CNC(=O)/C=C/c1ccccc1OC(F)F. The van der Waals surface area contributed by atoms with Gasteiger partial charge in [-0.1, -0.05) is 32.0 Å². The molecule has 1 aromatic carbocycles. The van der Waals surface area contributed by atoms with Crippen LogP contribution < -0.4 is 10.1 Å². The Morgan fingerprint density at radius 2 is 2.05 bits per heavy atom. The highest BCUT2D eigenvalue weighted by molar-refractivity contribution is 5.92. The molecule has 0 radical (unpaired) electrons. The second-order valence-corrected chi connectivity index (χ2v) is 4.81. The predicted octanol–water partition coefficient (Wildman–Crippen LogP) is 2.43. The summed E-state index contributed by atoms with van der Waals surface area (Å²) in [5, 5.41) is 12.1. The molecule has 1 aromatic rings. The molecule has 0 aliphatic heterocycles. The van der Waals surface area contributed by atoms with Gasteiger partial charge in [-0.15, -0.1) is 0 Å². The van der Waals surface area contributed by atoms with Crippen LogP contribution in [0.1, 0.15) is 19.4 Å². The average Bonchev–Trinajstić information content (AvgIpc) is 2.43. The molecule has 4 nitrogen and oxygen atoms in total. The number of nitrogens with one attached hydrogen (secondary N) is 1. The van der Waals surface area contributed by atoms with Gasteiger partial charge in [-0.3, -0.25) is 4.79 Å². The summed E-state index contributed by atoms with van der Waals surface area (Å²) in [6.45, 7) is 0.889. The van der Waals surface area contributed by atoms with Crippen molar-refractivity contribution in [3.8, 4) is 5.75 Å². The summed E-state index contributed by atoms with van der Waals surface area (Å²) in [7, 11) is 0. The van der Waals surface area contributed by atoms with Gasteiger partial charge in [0.2, 0.25) is 5.91 Å². The van der Waals surface area contributed by atoms with E-state index in [9.17, 15) is 18.7 Å².